The molecular formula is C23H17N7O. The van der Waals surface area contributed by atoms with Crippen LogP contribution in [0, 0.1) is 6.92 Å². The Balaban J connectivity index is 1.66. The molecule has 1 amide bonds. The van der Waals surface area contributed by atoms with Crippen molar-refractivity contribution in [2.45, 2.75) is 6.92 Å². The molecule has 150 valence electrons. The highest BCUT2D eigenvalue weighted by molar-refractivity contribution is 6.07. The van der Waals surface area contributed by atoms with Crippen LogP contribution < -0.4 is 5.32 Å². The molecular weight excluding hydrogens is 390 g/mol. The molecule has 0 spiro atoms. The number of nitrogens with one attached hydrogen (secondary N) is 2. The zero-order valence-electron chi connectivity index (χ0n) is 16.6. The summed E-state index contributed by atoms with van der Waals surface area (Å²) in [5, 5.41) is 10.2. The molecule has 0 atom stereocenters. The maximum Gasteiger partial charge on any atom is 0.257 e. The molecule has 5 aromatic rings. The van der Waals surface area contributed by atoms with Crippen molar-refractivity contribution >= 4 is 22.6 Å². The molecule has 0 unspecified atom stereocenters. The van der Waals surface area contributed by atoms with Gasteiger partial charge < -0.3 is 5.32 Å². The summed E-state index contributed by atoms with van der Waals surface area (Å²) < 4.78 is 0. The van der Waals surface area contributed by atoms with Gasteiger partial charge in [0.15, 0.2) is 0 Å². The number of aryl methyl sites for hydroxylation is 1. The lowest BCUT2D eigenvalue weighted by molar-refractivity contribution is 0.102. The molecule has 0 radical (unpaired) electrons. The third-order valence-electron chi connectivity index (χ3n) is 4.80. The molecule has 0 aromatic carbocycles. The first kappa shape index (κ1) is 18.6. The molecule has 5 aromatic heterocycles. The van der Waals surface area contributed by atoms with Gasteiger partial charge in [0, 0.05) is 29.8 Å². The highest BCUT2D eigenvalue weighted by atomic mass is 16.1. The van der Waals surface area contributed by atoms with Crippen molar-refractivity contribution in [3.8, 4) is 22.6 Å². The second-order valence-electron chi connectivity index (χ2n) is 6.94. The van der Waals surface area contributed by atoms with Crippen LogP contribution in [0.2, 0.25) is 0 Å². The molecule has 0 bridgehead atoms. The quantitative estimate of drug-likeness (QED) is 0.465. The molecule has 0 aliphatic carbocycles. The van der Waals surface area contributed by atoms with E-state index in [9.17, 15) is 4.79 Å². The van der Waals surface area contributed by atoms with Crippen molar-refractivity contribution in [2.75, 3.05) is 5.32 Å². The molecule has 8 nitrogen and oxygen atoms in total. The van der Waals surface area contributed by atoms with E-state index in [1.165, 1.54) is 6.20 Å². The van der Waals surface area contributed by atoms with Crippen LogP contribution in [0.3, 0.4) is 0 Å². The number of aromatic amines is 1. The summed E-state index contributed by atoms with van der Waals surface area (Å²) >= 11 is 0. The molecule has 0 fully saturated rings. The van der Waals surface area contributed by atoms with Gasteiger partial charge in [0.05, 0.1) is 45.6 Å². The number of rotatable bonds is 4. The first-order chi connectivity index (χ1) is 15.2. The smallest absolute Gasteiger partial charge is 0.257 e. The van der Waals surface area contributed by atoms with Gasteiger partial charge in [0.25, 0.3) is 5.91 Å². The number of fused-ring (bicyclic) bond motifs is 1. The Morgan fingerprint density at radius 2 is 1.87 bits per heavy atom. The second kappa shape index (κ2) is 7.75. The van der Waals surface area contributed by atoms with E-state index in [4.69, 9.17) is 4.98 Å². The predicted molar refractivity (Wildman–Crippen MR) is 117 cm³/mol. The fourth-order valence-corrected chi connectivity index (χ4v) is 3.34. The number of hydrogen-bond acceptors (Lipinski definition) is 6. The highest BCUT2D eigenvalue weighted by Crippen LogP contribution is 2.34. The molecule has 8 heteroatoms. The van der Waals surface area contributed by atoms with Crippen molar-refractivity contribution in [1.82, 2.24) is 30.1 Å². The molecule has 0 saturated heterocycles. The van der Waals surface area contributed by atoms with Gasteiger partial charge in [0.2, 0.25) is 0 Å². The molecule has 0 aliphatic rings. The van der Waals surface area contributed by atoms with E-state index in [0.717, 1.165) is 22.6 Å². The van der Waals surface area contributed by atoms with Crippen molar-refractivity contribution < 1.29 is 4.79 Å². The molecule has 31 heavy (non-hydrogen) atoms. The van der Waals surface area contributed by atoms with Crippen LogP contribution >= 0.6 is 0 Å². The molecule has 2 N–H and O–H groups in total. The van der Waals surface area contributed by atoms with Crippen LogP contribution in [0.5, 0.6) is 0 Å². The number of anilines is 1. The van der Waals surface area contributed by atoms with E-state index in [2.05, 4.69) is 30.5 Å². The van der Waals surface area contributed by atoms with Crippen LogP contribution in [-0.2, 0) is 0 Å². The highest BCUT2D eigenvalue weighted by Gasteiger charge is 2.19. The average molecular weight is 407 g/mol. The normalized spacial score (nSPS) is 10.9. The zero-order chi connectivity index (χ0) is 21.2. The monoisotopic (exact) mass is 407 g/mol. The number of amides is 1. The Morgan fingerprint density at radius 3 is 2.71 bits per heavy atom. The Morgan fingerprint density at radius 1 is 0.968 bits per heavy atom. The fourth-order valence-electron chi connectivity index (χ4n) is 3.34. The number of carbonyl (C=O) groups is 1. The standard InChI is InChI=1S/C23H17N7O/c1-14-5-2-7-18(27-14)22-16(13-26-30-22)21-20(11-19-17(28-21)8-4-10-25-19)29-23(31)15-6-3-9-24-12-15/h2-13H,1H3,(H,26,30)(H,29,31). The van der Waals surface area contributed by atoms with Crippen molar-refractivity contribution in [2.24, 2.45) is 0 Å². The molecule has 0 saturated carbocycles. The van der Waals surface area contributed by atoms with Gasteiger partial charge in [0.1, 0.15) is 0 Å². The van der Waals surface area contributed by atoms with Gasteiger partial charge in [-0.2, -0.15) is 5.10 Å². The summed E-state index contributed by atoms with van der Waals surface area (Å²) in [4.78, 5) is 30.6. The zero-order valence-corrected chi connectivity index (χ0v) is 16.6. The van der Waals surface area contributed by atoms with Crippen molar-refractivity contribution in [1.29, 1.82) is 0 Å². The topological polar surface area (TPSA) is 109 Å². The van der Waals surface area contributed by atoms with Crippen molar-refractivity contribution in [3.05, 3.63) is 84.6 Å². The minimum atomic E-state index is -0.287. The van der Waals surface area contributed by atoms with Gasteiger partial charge >= 0.3 is 0 Å². The molecule has 5 rings (SSSR count). The number of carbonyl (C=O) groups excluding carboxylic acids is 1. The van der Waals surface area contributed by atoms with Crippen molar-refractivity contribution in [3.63, 3.8) is 0 Å². The summed E-state index contributed by atoms with van der Waals surface area (Å²) in [6.45, 7) is 1.93. The second-order valence-corrected chi connectivity index (χ2v) is 6.94. The lowest BCUT2D eigenvalue weighted by Crippen LogP contribution is -2.13. The lowest BCUT2D eigenvalue weighted by Gasteiger charge is -2.12. The summed E-state index contributed by atoms with van der Waals surface area (Å²) in [6.07, 6.45) is 6.51. The average Bonchev–Trinajstić information content (AvgIpc) is 3.29. The number of H-pyrrole nitrogens is 1. The minimum Gasteiger partial charge on any atom is -0.320 e. The molecule has 0 aliphatic heterocycles. The van der Waals surface area contributed by atoms with E-state index >= 15 is 0 Å². The summed E-state index contributed by atoms with van der Waals surface area (Å²) in [6, 6.07) is 14.7. The van der Waals surface area contributed by atoms with Gasteiger partial charge in [-0.15, -0.1) is 0 Å². The maximum absolute atomic E-state index is 12.8. The fraction of sp³-hybridized carbons (Fsp3) is 0.0435. The van der Waals surface area contributed by atoms with Crippen LogP contribution in [0.25, 0.3) is 33.7 Å². The minimum absolute atomic E-state index is 0.287. The SMILES string of the molecule is Cc1cccc(-c2[nH]ncc2-c2nc3cccnc3cc2NC(=O)c2cccnc2)n1. The van der Waals surface area contributed by atoms with E-state index < -0.39 is 0 Å². The first-order valence-corrected chi connectivity index (χ1v) is 9.64. The van der Waals surface area contributed by atoms with E-state index in [-0.39, 0.29) is 5.91 Å². The van der Waals surface area contributed by atoms with E-state index in [1.54, 1.807) is 30.7 Å². The van der Waals surface area contributed by atoms with E-state index in [1.807, 2.05) is 43.3 Å². The summed E-state index contributed by atoms with van der Waals surface area (Å²) in [7, 11) is 0. The number of pyridine rings is 4. The summed E-state index contributed by atoms with van der Waals surface area (Å²) in [5.41, 5.74) is 6.00. The number of nitrogens with zero attached hydrogens (tertiary/aromatic N) is 5. The Bertz CT molecular complexity index is 1400. The molecule has 5 heterocycles. The predicted octanol–water partition coefficient (Wildman–Crippen LogP) is 4.04. The Kier molecular flexibility index (Phi) is 4.64. The number of aromatic nitrogens is 6. The summed E-state index contributed by atoms with van der Waals surface area (Å²) in [5.74, 6) is -0.287. The third-order valence-corrected chi connectivity index (χ3v) is 4.80. The maximum atomic E-state index is 12.8. The van der Waals surface area contributed by atoms with Gasteiger partial charge in [-0.3, -0.25) is 24.8 Å². The van der Waals surface area contributed by atoms with E-state index in [0.29, 0.717) is 28.0 Å². The van der Waals surface area contributed by atoms with Gasteiger partial charge in [-0.1, -0.05) is 6.07 Å². The van der Waals surface area contributed by atoms with Crippen LogP contribution in [-0.4, -0.2) is 36.0 Å². The number of hydrogen-bond donors (Lipinski definition) is 2. The lowest BCUT2D eigenvalue weighted by atomic mass is 10.1. The third kappa shape index (κ3) is 3.62. The van der Waals surface area contributed by atoms with Gasteiger partial charge in [-0.25, -0.2) is 4.98 Å². The Hall–Kier alpha value is -4.46. The van der Waals surface area contributed by atoms with Gasteiger partial charge in [-0.05, 0) is 49.4 Å². The van der Waals surface area contributed by atoms with Crippen LogP contribution in [0.15, 0.2) is 73.3 Å². The van der Waals surface area contributed by atoms with Crippen LogP contribution in [0.1, 0.15) is 16.1 Å². The Labute approximate surface area is 177 Å². The largest absolute Gasteiger partial charge is 0.320 e. The first-order valence-electron chi connectivity index (χ1n) is 9.64. The van der Waals surface area contributed by atoms with Crippen LogP contribution in [0.4, 0.5) is 5.69 Å².